The monoisotopic (exact) mass is 166 g/mol. The Morgan fingerprint density at radius 3 is 3.00 bits per heavy atom. The van der Waals surface area contributed by atoms with Crippen LogP contribution in [0.4, 0.5) is 0 Å². The minimum atomic E-state index is 0.274. The highest BCUT2D eigenvalue weighted by atomic mass is 16.3. The molecule has 1 atom stereocenters. The summed E-state index contributed by atoms with van der Waals surface area (Å²) in [6.45, 7) is 0.635. The summed E-state index contributed by atoms with van der Waals surface area (Å²) >= 11 is 0. The number of hydrogen-bond acceptors (Lipinski definition) is 3. The Morgan fingerprint density at radius 2 is 2.50 bits per heavy atom. The van der Waals surface area contributed by atoms with Gasteiger partial charge in [0, 0.05) is 24.2 Å². The van der Waals surface area contributed by atoms with E-state index in [1.807, 2.05) is 6.07 Å². The molecule has 0 bridgehead atoms. The molecule has 1 fully saturated rings. The van der Waals surface area contributed by atoms with Crippen LogP contribution in [0.15, 0.2) is 23.0 Å². The Bertz CT molecular complexity index is 229. The van der Waals surface area contributed by atoms with Gasteiger partial charge in [0.1, 0.15) is 0 Å². The third kappa shape index (κ3) is 1.68. The zero-order chi connectivity index (χ0) is 8.39. The summed E-state index contributed by atoms with van der Waals surface area (Å²) in [6.07, 6.45) is 6.02. The van der Waals surface area contributed by atoms with Crippen LogP contribution in [0.2, 0.25) is 0 Å². The Labute approximate surface area is 71.9 Å². The summed E-state index contributed by atoms with van der Waals surface area (Å²) in [4.78, 5) is 0. The van der Waals surface area contributed by atoms with Crippen molar-refractivity contribution in [3.8, 4) is 0 Å². The fraction of sp³-hybridized carbons (Fsp3) is 0.556. The first-order valence-electron chi connectivity index (χ1n) is 4.38. The maximum Gasteiger partial charge on any atom is 0.0950 e. The average molecular weight is 166 g/mol. The Balaban J connectivity index is 1.97. The molecule has 1 aliphatic carbocycles. The van der Waals surface area contributed by atoms with Crippen molar-refractivity contribution >= 4 is 0 Å². The Morgan fingerprint density at radius 1 is 1.67 bits per heavy atom. The Kier molecular flexibility index (Phi) is 2.15. The standard InChI is InChI=1S/C9H14N2O/c10-5-9(11-8-1-2-8)7-3-4-12-6-7/h3-4,6,8-9,11H,1-2,5,10H2. The molecule has 0 saturated heterocycles. The SMILES string of the molecule is NCC(NC1CC1)c1ccoc1. The molecule has 66 valence electrons. The van der Waals surface area contributed by atoms with Gasteiger partial charge in [0.05, 0.1) is 12.5 Å². The van der Waals surface area contributed by atoms with E-state index in [1.54, 1.807) is 12.5 Å². The number of nitrogens with two attached hydrogens (primary N) is 1. The van der Waals surface area contributed by atoms with Gasteiger partial charge in [-0.15, -0.1) is 0 Å². The smallest absolute Gasteiger partial charge is 0.0950 e. The summed E-state index contributed by atoms with van der Waals surface area (Å²) in [5.41, 5.74) is 6.79. The van der Waals surface area contributed by atoms with E-state index in [9.17, 15) is 0 Å². The number of rotatable bonds is 4. The molecule has 0 amide bonds. The number of nitrogens with one attached hydrogen (secondary N) is 1. The van der Waals surface area contributed by atoms with Crippen molar-refractivity contribution in [3.63, 3.8) is 0 Å². The first kappa shape index (κ1) is 7.83. The molecule has 0 radical (unpaired) electrons. The average Bonchev–Trinajstić information content (AvgIpc) is 2.74. The van der Waals surface area contributed by atoms with Gasteiger partial charge in [-0.05, 0) is 18.9 Å². The van der Waals surface area contributed by atoms with E-state index >= 15 is 0 Å². The van der Waals surface area contributed by atoms with Gasteiger partial charge < -0.3 is 15.5 Å². The largest absolute Gasteiger partial charge is 0.472 e. The molecule has 3 heteroatoms. The van der Waals surface area contributed by atoms with E-state index in [1.165, 1.54) is 12.8 Å². The molecule has 1 aliphatic rings. The highest BCUT2D eigenvalue weighted by Crippen LogP contribution is 2.23. The molecule has 0 aromatic carbocycles. The van der Waals surface area contributed by atoms with Crippen molar-refractivity contribution < 1.29 is 4.42 Å². The quantitative estimate of drug-likeness (QED) is 0.702. The lowest BCUT2D eigenvalue weighted by Crippen LogP contribution is -2.29. The molecule has 12 heavy (non-hydrogen) atoms. The van der Waals surface area contributed by atoms with E-state index in [-0.39, 0.29) is 6.04 Å². The normalized spacial score (nSPS) is 19.4. The zero-order valence-corrected chi connectivity index (χ0v) is 6.99. The molecule has 3 N–H and O–H groups in total. The van der Waals surface area contributed by atoms with Gasteiger partial charge in [-0.25, -0.2) is 0 Å². The first-order chi connectivity index (χ1) is 5.90. The highest BCUT2D eigenvalue weighted by Gasteiger charge is 2.24. The van der Waals surface area contributed by atoms with Crippen LogP contribution in [0.3, 0.4) is 0 Å². The van der Waals surface area contributed by atoms with E-state index in [0.717, 1.165) is 5.56 Å². The van der Waals surface area contributed by atoms with Crippen LogP contribution < -0.4 is 11.1 Å². The Hall–Kier alpha value is -0.800. The van der Waals surface area contributed by atoms with Gasteiger partial charge in [-0.1, -0.05) is 0 Å². The van der Waals surface area contributed by atoms with E-state index in [2.05, 4.69) is 5.32 Å². The predicted molar refractivity (Wildman–Crippen MR) is 46.7 cm³/mol. The van der Waals surface area contributed by atoms with E-state index in [0.29, 0.717) is 12.6 Å². The molecule has 1 aromatic heterocycles. The molecule has 1 unspecified atom stereocenters. The molecule has 0 aliphatic heterocycles. The fourth-order valence-corrected chi connectivity index (χ4v) is 1.31. The fourth-order valence-electron chi connectivity index (χ4n) is 1.31. The van der Waals surface area contributed by atoms with Crippen molar-refractivity contribution in [2.24, 2.45) is 5.73 Å². The minimum Gasteiger partial charge on any atom is -0.472 e. The third-order valence-electron chi connectivity index (χ3n) is 2.20. The molecule has 3 nitrogen and oxygen atoms in total. The second-order valence-corrected chi connectivity index (χ2v) is 3.29. The van der Waals surface area contributed by atoms with Crippen LogP contribution >= 0.6 is 0 Å². The van der Waals surface area contributed by atoms with Crippen molar-refractivity contribution in [3.05, 3.63) is 24.2 Å². The first-order valence-corrected chi connectivity index (χ1v) is 4.38. The summed E-state index contributed by atoms with van der Waals surface area (Å²) in [7, 11) is 0. The van der Waals surface area contributed by atoms with Crippen LogP contribution in [0.25, 0.3) is 0 Å². The van der Waals surface area contributed by atoms with E-state index < -0.39 is 0 Å². The van der Waals surface area contributed by atoms with Crippen molar-refractivity contribution in [2.45, 2.75) is 24.9 Å². The highest BCUT2D eigenvalue weighted by molar-refractivity contribution is 5.12. The van der Waals surface area contributed by atoms with Crippen molar-refractivity contribution in [2.75, 3.05) is 6.54 Å². The number of furan rings is 1. The van der Waals surface area contributed by atoms with Gasteiger partial charge in [-0.2, -0.15) is 0 Å². The molecule has 1 heterocycles. The van der Waals surface area contributed by atoms with Gasteiger partial charge in [0.2, 0.25) is 0 Å². The van der Waals surface area contributed by atoms with Crippen molar-refractivity contribution in [1.29, 1.82) is 0 Å². The molecule has 1 aromatic rings. The van der Waals surface area contributed by atoms with Crippen LogP contribution in [-0.2, 0) is 0 Å². The molecule has 0 spiro atoms. The molecule has 2 rings (SSSR count). The molecular formula is C9H14N2O. The maximum absolute atomic E-state index is 5.64. The van der Waals surface area contributed by atoms with E-state index in [4.69, 9.17) is 10.2 Å². The van der Waals surface area contributed by atoms with Crippen LogP contribution in [-0.4, -0.2) is 12.6 Å². The zero-order valence-electron chi connectivity index (χ0n) is 6.99. The van der Waals surface area contributed by atoms with Crippen LogP contribution in [0.1, 0.15) is 24.4 Å². The second kappa shape index (κ2) is 3.29. The maximum atomic E-state index is 5.64. The van der Waals surface area contributed by atoms with Crippen LogP contribution in [0.5, 0.6) is 0 Å². The lowest BCUT2D eigenvalue weighted by atomic mass is 10.1. The minimum absolute atomic E-state index is 0.274. The van der Waals surface area contributed by atoms with Crippen LogP contribution in [0, 0.1) is 0 Å². The predicted octanol–water partition coefficient (Wildman–Crippen LogP) is 1.03. The summed E-state index contributed by atoms with van der Waals surface area (Å²) in [5, 5.41) is 3.46. The lowest BCUT2D eigenvalue weighted by Gasteiger charge is -2.13. The lowest BCUT2D eigenvalue weighted by molar-refractivity contribution is 0.519. The topological polar surface area (TPSA) is 51.2 Å². The molecular weight excluding hydrogens is 152 g/mol. The van der Waals surface area contributed by atoms with Gasteiger partial charge in [0.15, 0.2) is 0 Å². The van der Waals surface area contributed by atoms with Gasteiger partial charge in [0.25, 0.3) is 0 Å². The second-order valence-electron chi connectivity index (χ2n) is 3.29. The number of hydrogen-bond donors (Lipinski definition) is 2. The van der Waals surface area contributed by atoms with Gasteiger partial charge >= 0.3 is 0 Å². The van der Waals surface area contributed by atoms with Gasteiger partial charge in [-0.3, -0.25) is 0 Å². The molecule has 1 saturated carbocycles. The third-order valence-corrected chi connectivity index (χ3v) is 2.20. The van der Waals surface area contributed by atoms with Crippen molar-refractivity contribution in [1.82, 2.24) is 5.32 Å². The summed E-state index contributed by atoms with van der Waals surface area (Å²) in [5.74, 6) is 0. The summed E-state index contributed by atoms with van der Waals surface area (Å²) in [6, 6.07) is 2.93. The summed E-state index contributed by atoms with van der Waals surface area (Å²) < 4.78 is 5.00.